The van der Waals surface area contributed by atoms with E-state index >= 15 is 0 Å². The Bertz CT molecular complexity index is 381. The number of unbranched alkanes of at least 4 members (excludes halogenated alkanes) is 30. The molecule has 0 radical (unpaired) electrons. The number of hydrogen-bond acceptors (Lipinski definition) is 0. The SMILES string of the molecule is CCCCC/C=C/CCCCCCCCCCCCCCCCCCCCCCCCCCCCC. The van der Waals surface area contributed by atoms with Gasteiger partial charge in [-0.3, -0.25) is 0 Å². The van der Waals surface area contributed by atoms with Crippen LogP contribution in [0.1, 0.15) is 219 Å². The normalized spacial score (nSPS) is 11.7. The minimum Gasteiger partial charge on any atom is -0.0885 e. The van der Waals surface area contributed by atoms with Gasteiger partial charge in [-0.1, -0.05) is 206 Å². The lowest BCUT2D eigenvalue weighted by atomic mass is 10.0. The molecule has 36 heavy (non-hydrogen) atoms. The maximum atomic E-state index is 2.43. The van der Waals surface area contributed by atoms with Gasteiger partial charge in [-0.15, -0.1) is 0 Å². The highest BCUT2D eigenvalue weighted by molar-refractivity contribution is 4.81. The van der Waals surface area contributed by atoms with Crippen LogP contribution < -0.4 is 0 Å². The standard InChI is InChI=1S/C36H72/c1-3-5-7-9-11-13-15-17-19-21-23-25-27-29-31-33-35-36-34-32-30-28-26-24-22-20-18-16-14-12-10-8-6-4-2/h11,13H,3-10,12,14-36H2,1-2H3/b13-11+. The summed E-state index contributed by atoms with van der Waals surface area (Å²) in [6, 6.07) is 0. The van der Waals surface area contributed by atoms with Crippen molar-refractivity contribution in [3.05, 3.63) is 12.2 Å². The zero-order valence-corrected chi connectivity index (χ0v) is 25.8. The van der Waals surface area contributed by atoms with Crippen LogP contribution in [0.2, 0.25) is 0 Å². The summed E-state index contributed by atoms with van der Waals surface area (Å²) >= 11 is 0. The predicted molar refractivity (Wildman–Crippen MR) is 168 cm³/mol. The summed E-state index contributed by atoms with van der Waals surface area (Å²) < 4.78 is 0. The molecule has 0 aliphatic heterocycles. The van der Waals surface area contributed by atoms with Gasteiger partial charge in [0, 0.05) is 0 Å². The van der Waals surface area contributed by atoms with Gasteiger partial charge in [0.25, 0.3) is 0 Å². The van der Waals surface area contributed by atoms with Crippen molar-refractivity contribution >= 4 is 0 Å². The molecule has 0 heterocycles. The van der Waals surface area contributed by atoms with Gasteiger partial charge < -0.3 is 0 Å². The maximum absolute atomic E-state index is 2.43. The van der Waals surface area contributed by atoms with E-state index in [0.29, 0.717) is 0 Å². The van der Waals surface area contributed by atoms with E-state index < -0.39 is 0 Å². The molecule has 0 fully saturated rings. The van der Waals surface area contributed by atoms with Crippen LogP contribution in [0.4, 0.5) is 0 Å². The van der Waals surface area contributed by atoms with Gasteiger partial charge in [-0.25, -0.2) is 0 Å². The van der Waals surface area contributed by atoms with Crippen LogP contribution >= 0.6 is 0 Å². The second-order valence-corrected chi connectivity index (χ2v) is 11.9. The van der Waals surface area contributed by atoms with Crippen molar-refractivity contribution in [2.75, 3.05) is 0 Å². The Morgan fingerprint density at radius 2 is 0.389 bits per heavy atom. The largest absolute Gasteiger partial charge is 0.0885 e. The molecule has 0 nitrogen and oxygen atoms in total. The van der Waals surface area contributed by atoms with Crippen LogP contribution in [-0.2, 0) is 0 Å². The lowest BCUT2D eigenvalue weighted by Crippen LogP contribution is -1.85. The number of hydrogen-bond donors (Lipinski definition) is 0. The summed E-state index contributed by atoms with van der Waals surface area (Å²) in [5, 5.41) is 0. The lowest BCUT2D eigenvalue weighted by Gasteiger charge is -2.04. The first kappa shape index (κ1) is 35.7. The Hall–Kier alpha value is -0.260. The van der Waals surface area contributed by atoms with Gasteiger partial charge in [0.2, 0.25) is 0 Å². The second kappa shape index (κ2) is 34.7. The van der Waals surface area contributed by atoms with Gasteiger partial charge in [0.1, 0.15) is 0 Å². The van der Waals surface area contributed by atoms with E-state index in [1.165, 1.54) is 205 Å². The molecule has 0 saturated heterocycles. The summed E-state index contributed by atoms with van der Waals surface area (Å²) in [7, 11) is 0. The minimum atomic E-state index is 1.30. The van der Waals surface area contributed by atoms with Crippen LogP contribution in [0, 0.1) is 0 Å². The van der Waals surface area contributed by atoms with Gasteiger partial charge in [0.15, 0.2) is 0 Å². The van der Waals surface area contributed by atoms with Crippen molar-refractivity contribution in [2.45, 2.75) is 219 Å². The molecule has 0 aromatic carbocycles. The number of rotatable bonds is 32. The fourth-order valence-corrected chi connectivity index (χ4v) is 5.50. The van der Waals surface area contributed by atoms with Gasteiger partial charge in [0.05, 0.1) is 0 Å². The summed E-state index contributed by atoms with van der Waals surface area (Å²) in [6.45, 7) is 4.59. The van der Waals surface area contributed by atoms with Gasteiger partial charge >= 0.3 is 0 Å². The van der Waals surface area contributed by atoms with Crippen LogP contribution in [0.3, 0.4) is 0 Å². The Morgan fingerprint density at radius 1 is 0.222 bits per heavy atom. The molecule has 0 unspecified atom stereocenters. The van der Waals surface area contributed by atoms with E-state index in [0.717, 1.165) is 0 Å². The summed E-state index contributed by atoms with van der Waals surface area (Å²) in [4.78, 5) is 0. The summed E-state index contributed by atoms with van der Waals surface area (Å²) in [5.41, 5.74) is 0. The van der Waals surface area contributed by atoms with Crippen molar-refractivity contribution in [3.63, 3.8) is 0 Å². The van der Waals surface area contributed by atoms with Crippen molar-refractivity contribution < 1.29 is 0 Å². The van der Waals surface area contributed by atoms with E-state index in [-0.39, 0.29) is 0 Å². The Kier molecular flexibility index (Phi) is 34.5. The van der Waals surface area contributed by atoms with E-state index in [1.807, 2.05) is 0 Å². The average Bonchev–Trinajstić information content (AvgIpc) is 2.89. The molecule has 0 rings (SSSR count). The summed E-state index contributed by atoms with van der Waals surface area (Å²) in [6.07, 6.45) is 51.4. The number of allylic oxidation sites excluding steroid dienone is 2. The highest BCUT2D eigenvalue weighted by Gasteiger charge is 1.96. The van der Waals surface area contributed by atoms with Crippen molar-refractivity contribution in [1.82, 2.24) is 0 Å². The maximum Gasteiger partial charge on any atom is -0.0351 e. The molecule has 0 aliphatic rings. The Balaban J connectivity index is 3.03. The predicted octanol–water partition coefficient (Wildman–Crippen LogP) is 14.1. The molecule has 0 heteroatoms. The molecular formula is C36H72. The van der Waals surface area contributed by atoms with E-state index in [1.54, 1.807) is 0 Å². The monoisotopic (exact) mass is 505 g/mol. The molecule has 0 aromatic rings. The van der Waals surface area contributed by atoms with Crippen LogP contribution in [0.5, 0.6) is 0 Å². The fourth-order valence-electron chi connectivity index (χ4n) is 5.50. The lowest BCUT2D eigenvalue weighted by molar-refractivity contribution is 0.515. The fraction of sp³-hybridized carbons (Fsp3) is 0.944. The molecule has 0 aliphatic carbocycles. The Labute approximate surface area is 231 Å². The van der Waals surface area contributed by atoms with E-state index in [2.05, 4.69) is 26.0 Å². The molecule has 0 atom stereocenters. The van der Waals surface area contributed by atoms with Crippen LogP contribution in [-0.4, -0.2) is 0 Å². The van der Waals surface area contributed by atoms with Gasteiger partial charge in [-0.05, 0) is 25.7 Å². The molecule has 0 amide bonds. The topological polar surface area (TPSA) is 0 Å². The van der Waals surface area contributed by atoms with Crippen molar-refractivity contribution in [2.24, 2.45) is 0 Å². The minimum absolute atomic E-state index is 1.30. The first-order valence-electron chi connectivity index (χ1n) is 17.6. The van der Waals surface area contributed by atoms with E-state index in [9.17, 15) is 0 Å². The molecule has 0 bridgehead atoms. The summed E-state index contributed by atoms with van der Waals surface area (Å²) in [5.74, 6) is 0. The zero-order chi connectivity index (χ0) is 26.0. The first-order chi connectivity index (χ1) is 17.9. The van der Waals surface area contributed by atoms with Crippen LogP contribution in [0.25, 0.3) is 0 Å². The van der Waals surface area contributed by atoms with E-state index in [4.69, 9.17) is 0 Å². The third-order valence-corrected chi connectivity index (χ3v) is 8.12. The van der Waals surface area contributed by atoms with Crippen LogP contribution in [0.15, 0.2) is 12.2 Å². The van der Waals surface area contributed by atoms with Crippen molar-refractivity contribution in [3.8, 4) is 0 Å². The van der Waals surface area contributed by atoms with Gasteiger partial charge in [-0.2, -0.15) is 0 Å². The molecule has 0 spiro atoms. The molecule has 216 valence electrons. The molecule has 0 saturated carbocycles. The smallest absolute Gasteiger partial charge is 0.0351 e. The van der Waals surface area contributed by atoms with Crippen molar-refractivity contribution in [1.29, 1.82) is 0 Å². The average molecular weight is 505 g/mol. The first-order valence-corrected chi connectivity index (χ1v) is 17.6. The molecular weight excluding hydrogens is 432 g/mol. The third kappa shape index (κ3) is 33.7. The molecule has 0 N–H and O–H groups in total. The third-order valence-electron chi connectivity index (χ3n) is 8.12. The quantitative estimate of drug-likeness (QED) is 0.0631. The zero-order valence-electron chi connectivity index (χ0n) is 25.8. The molecule has 0 aromatic heterocycles. The Morgan fingerprint density at radius 3 is 0.639 bits per heavy atom. The second-order valence-electron chi connectivity index (χ2n) is 11.9. The highest BCUT2D eigenvalue weighted by Crippen LogP contribution is 2.16. The highest BCUT2D eigenvalue weighted by atomic mass is 14.0.